The first-order valence-electron chi connectivity index (χ1n) is 11.3. The number of anilines is 1. The maximum atomic E-state index is 5.57. The summed E-state index contributed by atoms with van der Waals surface area (Å²) in [6.45, 7) is 15.2. The molecular weight excluding hydrogens is 380 g/mol. The fourth-order valence-corrected chi connectivity index (χ4v) is 4.63. The van der Waals surface area contributed by atoms with Crippen molar-refractivity contribution in [2.45, 2.75) is 59.8 Å². The van der Waals surface area contributed by atoms with Gasteiger partial charge >= 0.3 is 0 Å². The maximum Gasteiger partial charge on any atom is 0.120 e. The molecule has 1 unspecified atom stereocenters. The molecule has 2 aliphatic rings. The van der Waals surface area contributed by atoms with E-state index in [-0.39, 0.29) is 12.4 Å². The Hall–Kier alpha value is -1.19. The van der Waals surface area contributed by atoms with E-state index in [1.807, 2.05) is 0 Å². The van der Waals surface area contributed by atoms with Crippen molar-refractivity contribution in [1.29, 1.82) is 0 Å². The summed E-state index contributed by atoms with van der Waals surface area (Å²) < 4.78 is 5.57. The highest BCUT2D eigenvalue weighted by atomic mass is 35.5. The zero-order valence-electron chi connectivity index (χ0n) is 19.2. The number of hydrogen-bond acceptors (Lipinski definition) is 3. The van der Waals surface area contributed by atoms with Gasteiger partial charge in [-0.2, -0.15) is 0 Å². The molecule has 164 valence electrons. The lowest BCUT2D eigenvalue weighted by molar-refractivity contribution is 0.225. The summed E-state index contributed by atoms with van der Waals surface area (Å²) in [5, 5.41) is 0. The van der Waals surface area contributed by atoms with Crippen molar-refractivity contribution in [3.63, 3.8) is 0 Å². The van der Waals surface area contributed by atoms with Gasteiger partial charge in [-0.05, 0) is 61.3 Å². The Kier molecular flexibility index (Phi) is 8.91. The maximum absolute atomic E-state index is 5.57. The minimum atomic E-state index is 0. The predicted molar refractivity (Wildman–Crippen MR) is 129 cm³/mol. The van der Waals surface area contributed by atoms with Gasteiger partial charge < -0.3 is 9.64 Å². The second-order valence-electron chi connectivity index (χ2n) is 9.63. The lowest BCUT2D eigenvalue weighted by Gasteiger charge is -2.38. The lowest BCUT2D eigenvalue weighted by Crippen LogP contribution is -2.46. The van der Waals surface area contributed by atoms with E-state index >= 15 is 0 Å². The standard InChI is InChI=1S/C25H40N2O.ClH/c1-6-7-14-26-15-17-27(18-16-26)24-19-22(28-5)12-13-23(24)20-8-10-21(11-9-20)25(2,3)4;/h8,12-13,19,21H,6-7,9-11,14-18H2,1-5H3;1H. The van der Waals surface area contributed by atoms with Gasteiger partial charge in [0.15, 0.2) is 0 Å². The number of unbranched alkanes of at least 4 members (excludes halogenated alkanes) is 1. The van der Waals surface area contributed by atoms with Crippen LogP contribution in [0.15, 0.2) is 24.3 Å². The van der Waals surface area contributed by atoms with Crippen LogP contribution in [0.1, 0.15) is 65.4 Å². The van der Waals surface area contributed by atoms with Gasteiger partial charge in [-0.3, -0.25) is 4.90 Å². The molecule has 4 heteroatoms. The van der Waals surface area contributed by atoms with Gasteiger partial charge in [-0.25, -0.2) is 0 Å². The van der Waals surface area contributed by atoms with E-state index in [0.29, 0.717) is 5.41 Å². The van der Waals surface area contributed by atoms with Crippen molar-refractivity contribution < 1.29 is 4.74 Å². The summed E-state index contributed by atoms with van der Waals surface area (Å²) >= 11 is 0. The Balaban J connectivity index is 0.00000300. The average Bonchev–Trinajstić information content (AvgIpc) is 2.71. The van der Waals surface area contributed by atoms with Crippen LogP contribution in [0.5, 0.6) is 5.75 Å². The van der Waals surface area contributed by atoms with Crippen molar-refractivity contribution in [3.05, 3.63) is 29.8 Å². The number of benzene rings is 1. The van der Waals surface area contributed by atoms with E-state index < -0.39 is 0 Å². The highest BCUT2D eigenvalue weighted by Crippen LogP contribution is 2.42. The van der Waals surface area contributed by atoms with Crippen LogP contribution in [-0.2, 0) is 0 Å². The number of nitrogens with zero attached hydrogens (tertiary/aromatic N) is 2. The van der Waals surface area contributed by atoms with Gasteiger partial charge in [0.05, 0.1) is 7.11 Å². The molecule has 0 N–H and O–H groups in total. The number of piperazine rings is 1. The van der Waals surface area contributed by atoms with Gasteiger partial charge in [0.1, 0.15) is 5.75 Å². The monoisotopic (exact) mass is 420 g/mol. The molecule has 1 aliphatic heterocycles. The molecule has 0 spiro atoms. The number of rotatable bonds is 6. The molecule has 1 aromatic rings. The minimum Gasteiger partial charge on any atom is -0.497 e. The van der Waals surface area contributed by atoms with Crippen molar-refractivity contribution in [2.75, 3.05) is 44.7 Å². The summed E-state index contributed by atoms with van der Waals surface area (Å²) in [5.41, 5.74) is 4.73. The number of allylic oxidation sites excluding steroid dienone is 2. The van der Waals surface area contributed by atoms with Crippen LogP contribution in [0.3, 0.4) is 0 Å². The predicted octanol–water partition coefficient (Wildman–Crippen LogP) is 6.27. The molecule has 1 atom stereocenters. The smallest absolute Gasteiger partial charge is 0.120 e. The summed E-state index contributed by atoms with van der Waals surface area (Å²) in [6.07, 6.45) is 8.80. The summed E-state index contributed by atoms with van der Waals surface area (Å²) in [6, 6.07) is 6.68. The van der Waals surface area contributed by atoms with E-state index in [9.17, 15) is 0 Å². The summed E-state index contributed by atoms with van der Waals surface area (Å²) in [7, 11) is 1.77. The van der Waals surface area contributed by atoms with Crippen LogP contribution in [0, 0.1) is 11.3 Å². The first-order valence-corrected chi connectivity index (χ1v) is 11.3. The molecule has 0 saturated carbocycles. The zero-order chi connectivity index (χ0) is 20.1. The van der Waals surface area contributed by atoms with Crippen LogP contribution < -0.4 is 9.64 Å². The average molecular weight is 421 g/mol. The third-order valence-corrected chi connectivity index (χ3v) is 6.73. The highest BCUT2D eigenvalue weighted by molar-refractivity contribution is 5.85. The van der Waals surface area contributed by atoms with E-state index in [1.54, 1.807) is 7.11 Å². The second kappa shape index (κ2) is 10.7. The largest absolute Gasteiger partial charge is 0.497 e. The molecule has 0 aromatic heterocycles. The third kappa shape index (κ3) is 6.15. The van der Waals surface area contributed by atoms with Crippen LogP contribution in [-0.4, -0.2) is 44.7 Å². The first-order chi connectivity index (χ1) is 13.4. The van der Waals surface area contributed by atoms with Gasteiger partial charge in [-0.15, -0.1) is 12.4 Å². The van der Waals surface area contributed by atoms with Gasteiger partial charge in [0.2, 0.25) is 0 Å². The number of halogens is 1. The molecule has 1 aromatic carbocycles. The minimum absolute atomic E-state index is 0. The molecule has 29 heavy (non-hydrogen) atoms. The Labute approximate surface area is 184 Å². The topological polar surface area (TPSA) is 15.7 Å². The third-order valence-electron chi connectivity index (χ3n) is 6.73. The Morgan fingerprint density at radius 2 is 1.83 bits per heavy atom. The van der Waals surface area contributed by atoms with E-state index in [4.69, 9.17) is 4.74 Å². The van der Waals surface area contributed by atoms with Crippen LogP contribution in [0.4, 0.5) is 5.69 Å². The van der Waals surface area contributed by atoms with Crippen LogP contribution in [0.25, 0.3) is 5.57 Å². The zero-order valence-corrected chi connectivity index (χ0v) is 20.0. The fraction of sp³-hybridized carbons (Fsp3) is 0.680. The van der Waals surface area contributed by atoms with Gasteiger partial charge in [0, 0.05) is 43.5 Å². The van der Waals surface area contributed by atoms with Gasteiger partial charge in [0.25, 0.3) is 0 Å². The fourth-order valence-electron chi connectivity index (χ4n) is 4.63. The molecule has 1 aliphatic carbocycles. The number of ether oxygens (including phenoxy) is 1. The van der Waals surface area contributed by atoms with Gasteiger partial charge in [-0.1, -0.05) is 40.2 Å². The molecule has 0 amide bonds. The molecule has 1 saturated heterocycles. The Morgan fingerprint density at radius 3 is 2.38 bits per heavy atom. The normalized spacial score (nSPS) is 20.8. The molecule has 0 bridgehead atoms. The molecule has 0 radical (unpaired) electrons. The van der Waals surface area contributed by atoms with Crippen molar-refractivity contribution in [1.82, 2.24) is 4.90 Å². The molecule has 3 rings (SSSR count). The van der Waals surface area contributed by atoms with Crippen LogP contribution >= 0.6 is 12.4 Å². The summed E-state index contributed by atoms with van der Waals surface area (Å²) in [5.74, 6) is 1.76. The number of methoxy groups -OCH3 is 1. The van der Waals surface area contributed by atoms with Crippen LogP contribution in [0.2, 0.25) is 0 Å². The Bertz CT molecular complexity index is 672. The number of hydrogen-bond donors (Lipinski definition) is 0. The first kappa shape index (κ1) is 24.1. The highest BCUT2D eigenvalue weighted by Gasteiger charge is 2.28. The SMILES string of the molecule is CCCCN1CCN(c2cc(OC)ccc2C2=CCC(C(C)(C)C)CC2)CC1.Cl. The molecular formula is C25H41ClN2O. The molecule has 1 heterocycles. The van der Waals surface area contributed by atoms with E-state index in [1.165, 1.54) is 68.6 Å². The van der Waals surface area contributed by atoms with Crippen molar-refractivity contribution >= 4 is 23.7 Å². The molecule has 1 fully saturated rings. The lowest BCUT2D eigenvalue weighted by atomic mass is 9.72. The van der Waals surface area contributed by atoms with Crippen molar-refractivity contribution in [3.8, 4) is 5.75 Å². The molecule has 3 nitrogen and oxygen atoms in total. The Morgan fingerprint density at radius 1 is 1.10 bits per heavy atom. The van der Waals surface area contributed by atoms with Crippen molar-refractivity contribution in [2.24, 2.45) is 11.3 Å². The summed E-state index contributed by atoms with van der Waals surface area (Å²) in [4.78, 5) is 5.20. The quantitative estimate of drug-likeness (QED) is 0.539. The van der Waals surface area contributed by atoms with E-state index in [0.717, 1.165) is 24.8 Å². The second-order valence-corrected chi connectivity index (χ2v) is 9.63. The van der Waals surface area contributed by atoms with E-state index in [2.05, 4.69) is 61.8 Å².